The van der Waals surface area contributed by atoms with Crippen LogP contribution in [0.1, 0.15) is 22.7 Å². The van der Waals surface area contributed by atoms with Crippen molar-refractivity contribution in [3.8, 4) is 11.3 Å². The summed E-state index contributed by atoms with van der Waals surface area (Å²) in [7, 11) is 0. The number of primary amides is 1. The number of carbonyl (C=O) groups excluding carboxylic acids is 2. The largest absolute Gasteiger partial charge is 0.441 e. The average molecular weight is 353 g/mol. The van der Waals surface area contributed by atoms with Crippen LogP contribution in [0, 0.1) is 5.82 Å². The third-order valence-corrected chi connectivity index (χ3v) is 3.71. The van der Waals surface area contributed by atoms with Gasteiger partial charge in [-0.2, -0.15) is 0 Å². The van der Waals surface area contributed by atoms with Gasteiger partial charge in [0.1, 0.15) is 5.82 Å². The quantitative estimate of drug-likeness (QED) is 0.711. The number of nitrogens with two attached hydrogens (primary N) is 1. The van der Waals surface area contributed by atoms with Crippen molar-refractivity contribution in [1.29, 1.82) is 0 Å². The Kier molecular flexibility index (Phi) is 5.07. The number of amides is 2. The van der Waals surface area contributed by atoms with E-state index in [1.807, 2.05) is 0 Å². The molecule has 3 aromatic rings. The lowest BCUT2D eigenvalue weighted by molar-refractivity contribution is -0.116. The van der Waals surface area contributed by atoms with Crippen LogP contribution in [0.15, 0.2) is 59.1 Å². The first-order valence-electron chi connectivity index (χ1n) is 7.92. The molecule has 0 saturated carbocycles. The van der Waals surface area contributed by atoms with Gasteiger partial charge in [0.15, 0.2) is 11.7 Å². The van der Waals surface area contributed by atoms with Crippen molar-refractivity contribution in [3.63, 3.8) is 0 Å². The van der Waals surface area contributed by atoms with E-state index in [1.165, 1.54) is 18.3 Å². The van der Waals surface area contributed by atoms with E-state index in [-0.39, 0.29) is 30.1 Å². The fraction of sp³-hybridized carbons (Fsp3) is 0.105. The number of halogens is 1. The van der Waals surface area contributed by atoms with E-state index in [9.17, 15) is 14.0 Å². The van der Waals surface area contributed by atoms with Crippen molar-refractivity contribution in [2.24, 2.45) is 5.73 Å². The summed E-state index contributed by atoms with van der Waals surface area (Å²) in [5, 5.41) is 2.66. The third-order valence-electron chi connectivity index (χ3n) is 3.71. The zero-order valence-corrected chi connectivity index (χ0v) is 13.7. The van der Waals surface area contributed by atoms with Crippen LogP contribution in [-0.4, -0.2) is 16.8 Å². The van der Waals surface area contributed by atoms with Crippen LogP contribution in [0.2, 0.25) is 0 Å². The lowest BCUT2D eigenvalue weighted by Crippen LogP contribution is -2.18. The highest BCUT2D eigenvalue weighted by Crippen LogP contribution is 2.21. The second-order valence-corrected chi connectivity index (χ2v) is 5.58. The van der Waals surface area contributed by atoms with Gasteiger partial charge >= 0.3 is 0 Å². The lowest BCUT2D eigenvalue weighted by atomic mass is 10.1. The van der Waals surface area contributed by atoms with E-state index in [0.29, 0.717) is 22.9 Å². The normalized spacial score (nSPS) is 10.5. The molecule has 0 fully saturated rings. The molecule has 0 aliphatic heterocycles. The maximum Gasteiger partial charge on any atom is 0.250 e. The Hall–Kier alpha value is -3.48. The van der Waals surface area contributed by atoms with Crippen LogP contribution in [0.5, 0.6) is 0 Å². The number of para-hydroxylation sites is 1. The van der Waals surface area contributed by atoms with E-state index in [2.05, 4.69) is 10.3 Å². The molecule has 2 amide bonds. The molecule has 0 bridgehead atoms. The number of aromatic nitrogens is 1. The molecule has 0 radical (unpaired) electrons. The number of benzene rings is 2. The van der Waals surface area contributed by atoms with Crippen molar-refractivity contribution in [2.45, 2.75) is 12.8 Å². The molecule has 2 aromatic carbocycles. The summed E-state index contributed by atoms with van der Waals surface area (Å²) >= 11 is 0. The van der Waals surface area contributed by atoms with Crippen molar-refractivity contribution >= 4 is 17.5 Å². The molecule has 132 valence electrons. The Morgan fingerprint density at radius 1 is 1.12 bits per heavy atom. The van der Waals surface area contributed by atoms with E-state index in [0.717, 1.165) is 0 Å². The Morgan fingerprint density at radius 2 is 1.85 bits per heavy atom. The second kappa shape index (κ2) is 7.60. The van der Waals surface area contributed by atoms with Crippen molar-refractivity contribution in [3.05, 3.63) is 72.0 Å². The maximum absolute atomic E-state index is 13.0. The zero-order valence-electron chi connectivity index (χ0n) is 13.7. The smallest absolute Gasteiger partial charge is 0.250 e. The molecule has 0 unspecified atom stereocenters. The molecule has 1 aromatic heterocycles. The molecule has 1 heterocycles. The molecule has 3 rings (SSSR count). The Labute approximate surface area is 148 Å². The van der Waals surface area contributed by atoms with Gasteiger partial charge < -0.3 is 15.5 Å². The number of rotatable bonds is 6. The average Bonchev–Trinajstić information content (AvgIpc) is 3.10. The number of oxazole rings is 1. The molecule has 0 aliphatic rings. The number of hydrogen-bond acceptors (Lipinski definition) is 4. The van der Waals surface area contributed by atoms with Gasteiger partial charge in [0, 0.05) is 18.4 Å². The summed E-state index contributed by atoms with van der Waals surface area (Å²) in [6.07, 6.45) is 1.94. The van der Waals surface area contributed by atoms with Gasteiger partial charge in [0.25, 0.3) is 5.91 Å². The summed E-state index contributed by atoms with van der Waals surface area (Å²) < 4.78 is 18.5. The Bertz CT molecular complexity index is 935. The molecule has 26 heavy (non-hydrogen) atoms. The van der Waals surface area contributed by atoms with E-state index < -0.39 is 5.91 Å². The minimum Gasteiger partial charge on any atom is -0.441 e. The summed E-state index contributed by atoms with van der Waals surface area (Å²) in [6, 6.07) is 12.4. The van der Waals surface area contributed by atoms with Gasteiger partial charge in [-0.25, -0.2) is 9.37 Å². The number of aryl methyl sites for hydroxylation is 1. The van der Waals surface area contributed by atoms with Crippen molar-refractivity contribution in [2.75, 3.05) is 5.32 Å². The van der Waals surface area contributed by atoms with E-state index >= 15 is 0 Å². The first kappa shape index (κ1) is 17.3. The summed E-state index contributed by atoms with van der Waals surface area (Å²) in [5.74, 6) is -0.346. The number of nitrogens with one attached hydrogen (secondary N) is 1. The highest BCUT2D eigenvalue weighted by Gasteiger charge is 2.12. The minimum absolute atomic E-state index is 0.121. The predicted molar refractivity (Wildman–Crippen MR) is 93.8 cm³/mol. The van der Waals surface area contributed by atoms with Gasteiger partial charge in [0.05, 0.1) is 17.4 Å². The SMILES string of the molecule is NC(=O)c1ccccc1NC(=O)CCc1ncc(-c2ccc(F)cc2)o1. The summed E-state index contributed by atoms with van der Waals surface area (Å²) in [4.78, 5) is 27.6. The fourth-order valence-corrected chi connectivity index (χ4v) is 2.41. The summed E-state index contributed by atoms with van der Waals surface area (Å²) in [5.41, 5.74) is 6.59. The number of hydrogen-bond donors (Lipinski definition) is 2. The maximum atomic E-state index is 13.0. The third kappa shape index (κ3) is 4.13. The molecule has 7 heteroatoms. The zero-order chi connectivity index (χ0) is 18.5. The number of nitrogens with zero attached hydrogens (tertiary/aromatic N) is 1. The van der Waals surface area contributed by atoms with Crippen LogP contribution in [0.4, 0.5) is 10.1 Å². The van der Waals surface area contributed by atoms with Gasteiger partial charge in [-0.3, -0.25) is 9.59 Å². The van der Waals surface area contributed by atoms with Crippen LogP contribution in [-0.2, 0) is 11.2 Å². The highest BCUT2D eigenvalue weighted by molar-refractivity contribution is 6.02. The first-order valence-corrected chi connectivity index (χ1v) is 7.92. The minimum atomic E-state index is -0.613. The van der Waals surface area contributed by atoms with Crippen molar-refractivity contribution in [1.82, 2.24) is 4.98 Å². The lowest BCUT2D eigenvalue weighted by Gasteiger charge is -2.08. The highest BCUT2D eigenvalue weighted by atomic mass is 19.1. The Balaban J connectivity index is 1.60. The fourth-order valence-electron chi connectivity index (χ4n) is 2.41. The van der Waals surface area contributed by atoms with Gasteiger partial charge in [-0.15, -0.1) is 0 Å². The topological polar surface area (TPSA) is 98.2 Å². The number of carbonyl (C=O) groups is 2. The molecule has 6 nitrogen and oxygen atoms in total. The van der Waals surface area contributed by atoms with E-state index in [4.69, 9.17) is 10.2 Å². The molecule has 0 aliphatic carbocycles. The molecule has 3 N–H and O–H groups in total. The van der Waals surface area contributed by atoms with Gasteiger partial charge in [0.2, 0.25) is 5.91 Å². The van der Waals surface area contributed by atoms with Crippen LogP contribution >= 0.6 is 0 Å². The van der Waals surface area contributed by atoms with Gasteiger partial charge in [-0.1, -0.05) is 12.1 Å². The standard InChI is InChI=1S/C19H16FN3O3/c20-13-7-5-12(6-8-13)16-11-22-18(26-16)10-9-17(24)23-15-4-2-1-3-14(15)19(21)25/h1-8,11H,9-10H2,(H2,21,25)(H,23,24). The van der Waals surface area contributed by atoms with Crippen molar-refractivity contribution < 1.29 is 18.4 Å². The Morgan fingerprint density at radius 3 is 2.58 bits per heavy atom. The first-order chi connectivity index (χ1) is 12.5. The monoisotopic (exact) mass is 353 g/mol. The molecule has 0 spiro atoms. The second-order valence-electron chi connectivity index (χ2n) is 5.58. The van der Waals surface area contributed by atoms with Crippen LogP contribution in [0.3, 0.4) is 0 Å². The molecule has 0 atom stereocenters. The summed E-state index contributed by atoms with van der Waals surface area (Å²) in [6.45, 7) is 0. The van der Waals surface area contributed by atoms with Crippen LogP contribution < -0.4 is 11.1 Å². The van der Waals surface area contributed by atoms with E-state index in [1.54, 1.807) is 36.4 Å². The van der Waals surface area contributed by atoms with Crippen LogP contribution in [0.25, 0.3) is 11.3 Å². The molecular formula is C19H16FN3O3. The molecule has 0 saturated heterocycles. The van der Waals surface area contributed by atoms with Gasteiger partial charge in [-0.05, 0) is 36.4 Å². The number of anilines is 1. The predicted octanol–water partition coefficient (Wildman–Crippen LogP) is 3.15. The molecular weight excluding hydrogens is 337 g/mol.